The van der Waals surface area contributed by atoms with Gasteiger partial charge in [-0.15, -0.1) is 17.2 Å². The van der Waals surface area contributed by atoms with E-state index in [0.717, 1.165) is 77.0 Å². The van der Waals surface area contributed by atoms with E-state index in [0.29, 0.717) is 31.2 Å². The number of amidine groups is 2. The van der Waals surface area contributed by atoms with Crippen molar-refractivity contribution in [2.45, 2.75) is 181 Å². The number of ketones is 2. The average molecular weight is 1360 g/mol. The summed E-state index contributed by atoms with van der Waals surface area (Å²) in [4.78, 5) is 44.7. The summed E-state index contributed by atoms with van der Waals surface area (Å²) < 4.78 is 28.4. The molecule has 1 rings (SSSR count). The molecule has 0 fully saturated rings. The van der Waals surface area contributed by atoms with Crippen LogP contribution in [0.1, 0.15) is 181 Å². The highest BCUT2D eigenvalue weighted by Gasteiger charge is 2.12. The number of terminal acetylenes is 2. The maximum atomic E-state index is 11.3. The first-order valence-corrected chi connectivity index (χ1v) is 34.2. The molecule has 0 bridgehead atoms. The molecule has 1 aliphatic rings. The van der Waals surface area contributed by atoms with Crippen molar-refractivity contribution in [3.8, 4) is 226 Å². The minimum atomic E-state index is -1.67. The summed E-state index contributed by atoms with van der Waals surface area (Å²) in [5.41, 5.74) is 8.00. The smallest absolute Gasteiger partial charge is 0.309 e. The highest BCUT2D eigenvalue weighted by atomic mass is 36.0. The molecule has 18 heteroatoms. The molecule has 2 amide bonds. The number of Topliss-reactive ketones (excluding diaryl/α,β-unsaturated/α-hetero) is 2. The van der Waals surface area contributed by atoms with Crippen LogP contribution in [0.15, 0.2) is 33.9 Å². The second kappa shape index (κ2) is 76.4. The van der Waals surface area contributed by atoms with Crippen LogP contribution in [0.3, 0.4) is 0 Å². The highest BCUT2D eigenvalue weighted by Crippen LogP contribution is 2.13. The van der Waals surface area contributed by atoms with E-state index in [4.69, 9.17) is 28.0 Å². The Morgan fingerprint density at radius 2 is 0.729 bits per heavy atom. The van der Waals surface area contributed by atoms with E-state index >= 15 is 0 Å². The van der Waals surface area contributed by atoms with Crippen molar-refractivity contribution in [2.75, 3.05) is 13.1 Å². The molecule has 490 valence electrons. The van der Waals surface area contributed by atoms with Crippen LogP contribution < -0.4 is 21.8 Å². The third-order valence-corrected chi connectivity index (χ3v) is 11.6. The van der Waals surface area contributed by atoms with Crippen molar-refractivity contribution in [3.05, 3.63) is 24.3 Å². The summed E-state index contributed by atoms with van der Waals surface area (Å²) in [7, 11) is 7.36. The molecule has 0 saturated carbocycles. The van der Waals surface area contributed by atoms with Gasteiger partial charge in [0.25, 0.3) is 11.8 Å². The summed E-state index contributed by atoms with van der Waals surface area (Å²) in [6.45, 7) is 4.55. The number of nitrogens with zero attached hydrogens (tertiary/aromatic N) is 2. The number of allylic oxidation sites excluding steroid dienone is 4. The molecule has 96 heavy (non-hydrogen) atoms. The van der Waals surface area contributed by atoms with Crippen LogP contribution >= 0.6 is 21.4 Å². The zero-order valence-electron chi connectivity index (χ0n) is 54.1. The Morgan fingerprint density at radius 1 is 0.479 bits per heavy atom. The molecule has 1 atom stereocenters. The van der Waals surface area contributed by atoms with Crippen molar-refractivity contribution in [1.82, 2.24) is 16.1 Å². The number of nitrogens with two attached hydrogens (primary N) is 1. The number of hydroxylamine groups is 1. The molecule has 14 nitrogen and oxygen atoms in total. The average Bonchev–Trinajstić information content (AvgIpc) is 2.35. The van der Waals surface area contributed by atoms with E-state index in [9.17, 15) is 23.4 Å². The van der Waals surface area contributed by atoms with Crippen molar-refractivity contribution >= 4 is 76.9 Å². The van der Waals surface area contributed by atoms with E-state index in [1.807, 2.05) is 0 Å². The molecular formula is C78H74Cl2N6O8S2. The van der Waals surface area contributed by atoms with Gasteiger partial charge in [-0.05, 0) is 172 Å². The maximum Gasteiger partial charge on any atom is 0.309 e. The fraction of sp³-hybridized carbons (Fsp3) is 0.385. The summed E-state index contributed by atoms with van der Waals surface area (Å²) in [5, 5.41) is 16.7. The molecule has 0 radical (unpaired) electrons. The Bertz CT molecular complexity index is 3780. The second-order valence-electron chi connectivity index (χ2n) is 18.3. The minimum absolute atomic E-state index is 0.266. The molecule has 1 aliphatic heterocycles. The summed E-state index contributed by atoms with van der Waals surface area (Å²) in [6, 6.07) is 0. The summed E-state index contributed by atoms with van der Waals surface area (Å²) in [6.07, 6.45) is 45.8. The molecule has 0 aliphatic carbocycles. The number of carbonyl (C=O) groups is 4. The number of nitrogens with one attached hydrogen (secondary N) is 3. The number of rotatable bonds is 34. The minimum Gasteiger partial charge on any atom is -0.409 e. The number of unbranched alkanes of at least 4 members (excludes halogenated alkanes) is 18. The summed E-state index contributed by atoms with van der Waals surface area (Å²) in [5.74, 6) is 87.6. The van der Waals surface area contributed by atoms with E-state index in [1.54, 1.807) is 13.8 Å². The molecule has 0 aromatic carbocycles. The Hall–Kier alpha value is -11.0. The lowest BCUT2D eigenvalue weighted by Crippen LogP contribution is -2.31. The number of halogens is 2. The van der Waals surface area contributed by atoms with Crippen LogP contribution in [-0.4, -0.2) is 61.8 Å². The van der Waals surface area contributed by atoms with Crippen LogP contribution in [0, 0.1) is 226 Å². The second-order valence-corrected chi connectivity index (χ2v) is 21.6. The molecule has 0 aromatic rings. The highest BCUT2D eigenvalue weighted by molar-refractivity contribution is 8.26. The Kier molecular flexibility index (Phi) is 71.0. The van der Waals surface area contributed by atoms with Crippen molar-refractivity contribution < 1.29 is 37.1 Å². The fourth-order valence-electron chi connectivity index (χ4n) is 6.49. The predicted molar refractivity (Wildman–Crippen MR) is 389 cm³/mol. The molecule has 0 spiro atoms. The van der Waals surface area contributed by atoms with Gasteiger partial charge in [-0.3, -0.25) is 19.2 Å². The van der Waals surface area contributed by atoms with E-state index in [1.165, 1.54) is 70.6 Å². The first kappa shape index (κ1) is 89.2. The predicted octanol–water partition coefficient (Wildman–Crippen LogP) is 9.25. The third-order valence-electron chi connectivity index (χ3n) is 11.0. The molecular weight excluding hydrogens is 1280 g/mol. The number of hydrogen-bond acceptors (Lipinski definition) is 10. The van der Waals surface area contributed by atoms with E-state index in [2.05, 4.69) is 289 Å². The zero-order valence-corrected chi connectivity index (χ0v) is 57.3. The van der Waals surface area contributed by atoms with E-state index < -0.39 is 32.3 Å². The molecule has 1 heterocycles. The van der Waals surface area contributed by atoms with Gasteiger partial charge in [-0.1, -0.05) is 108 Å². The standard InChI is InChI=1S/C38H2.C20H35N3O4S.C20H37N3O3.Cl2OS/c1-3-5-7-9-11-13-15-17-19-21-23-25-27-29-31-33-35-37-38-36-34-32-30-28-26-24-22-20-18-16-14-12-10-8-6-4-2;1-2-18(24)20(25)21-17-15-13-11-9-7-5-3-4-6-8-10-12-14-16-19-22-27-28(26)23-19;1-2-18(24)20(25)22-17-15-13-11-9-7-5-3-4-6-8-10-12-14-16-19(21)23-26;1-4(2)3/h1-2H;7,9H,2-6,8,10-17H2,1H3,(H,21,25)(H,22,23);7,9,26H,2-6,8,10-17H2,1H3,(H2,21,23)(H,22,25);/b;2*9-7-;. The number of hydrogen-bond donors (Lipinski definition) is 5. The van der Waals surface area contributed by atoms with Gasteiger partial charge < -0.3 is 21.6 Å². The topological polar surface area (TPSA) is 219 Å². The van der Waals surface area contributed by atoms with Crippen LogP contribution in [0.5, 0.6) is 0 Å². The lowest BCUT2D eigenvalue weighted by Gasteiger charge is -2.02. The SMILES string of the molecule is C#CC#CC#CC#CC#CC#CC#CC#CC#CC#CC#CC#CC#CC#CC#CC#CC#CC#CC#C.CCC(=O)C(=O)NCCCC/C=C\CCCCCCCCC/C(N)=N\O.CCC(=O)C(=O)NCCCC/C=C\CCCCCCCCCC1=NS(=O)ON1.O=S(Cl)Cl. The lowest BCUT2D eigenvalue weighted by molar-refractivity contribution is -0.137. The van der Waals surface area contributed by atoms with Gasteiger partial charge in [-0.25, -0.2) is 13.9 Å². The van der Waals surface area contributed by atoms with Crippen LogP contribution in [0.2, 0.25) is 0 Å². The van der Waals surface area contributed by atoms with Gasteiger partial charge in [0.2, 0.25) is 20.8 Å². The van der Waals surface area contributed by atoms with Crippen LogP contribution in [-0.2, 0) is 44.0 Å². The van der Waals surface area contributed by atoms with Crippen molar-refractivity contribution in [2.24, 2.45) is 15.3 Å². The number of carbonyl (C=O) groups excluding carboxylic acids is 4. The molecule has 0 aromatic heterocycles. The summed E-state index contributed by atoms with van der Waals surface area (Å²) >= 11 is -1.53. The van der Waals surface area contributed by atoms with Crippen LogP contribution in [0.25, 0.3) is 0 Å². The maximum absolute atomic E-state index is 11.3. The van der Waals surface area contributed by atoms with Gasteiger partial charge in [0.15, 0.2) is 0 Å². The number of oxime groups is 1. The molecule has 6 N–H and O–H groups in total. The molecule has 1 unspecified atom stereocenters. The largest absolute Gasteiger partial charge is 0.409 e. The zero-order chi connectivity index (χ0) is 70.9. The lowest BCUT2D eigenvalue weighted by atomic mass is 10.1. The monoisotopic (exact) mass is 1360 g/mol. The Balaban J connectivity index is -0.00000134. The third kappa shape index (κ3) is 77.2. The quantitative estimate of drug-likeness (QED) is 0.00473. The fourth-order valence-corrected chi connectivity index (χ4v) is 7.00. The molecule has 0 saturated heterocycles. The first-order valence-electron chi connectivity index (χ1n) is 30.4. The van der Waals surface area contributed by atoms with E-state index in [-0.39, 0.29) is 24.4 Å². The Labute approximate surface area is 585 Å². The van der Waals surface area contributed by atoms with Gasteiger partial charge >= 0.3 is 11.3 Å². The van der Waals surface area contributed by atoms with Crippen molar-refractivity contribution in [3.63, 3.8) is 0 Å². The van der Waals surface area contributed by atoms with Crippen LogP contribution in [0.4, 0.5) is 0 Å². The van der Waals surface area contributed by atoms with Gasteiger partial charge in [-0.2, -0.15) is 4.28 Å². The van der Waals surface area contributed by atoms with Crippen molar-refractivity contribution in [1.29, 1.82) is 0 Å². The van der Waals surface area contributed by atoms with Gasteiger partial charge in [0.1, 0.15) is 11.7 Å². The number of amides is 2. The normalized spacial score (nSPS) is 9.80. The Morgan fingerprint density at radius 3 is 0.979 bits per heavy atom. The van der Waals surface area contributed by atoms with Gasteiger partial charge in [0.05, 0.1) is 0 Å². The van der Waals surface area contributed by atoms with Gasteiger partial charge in [0, 0.05) is 179 Å². The first-order chi connectivity index (χ1) is 46.9.